The lowest BCUT2D eigenvalue weighted by atomic mass is 10.1. The van der Waals surface area contributed by atoms with Crippen molar-refractivity contribution >= 4 is 21.2 Å². The van der Waals surface area contributed by atoms with Crippen LogP contribution in [0.1, 0.15) is 19.3 Å². The fraction of sp³-hybridized carbons (Fsp3) is 0.294. The Labute approximate surface area is 140 Å². The smallest absolute Gasteiger partial charge is 0.243 e. The molecule has 24 heavy (non-hydrogen) atoms. The predicted molar refractivity (Wildman–Crippen MR) is 91.9 cm³/mol. The highest BCUT2D eigenvalue weighted by Gasteiger charge is 2.25. The van der Waals surface area contributed by atoms with Crippen LogP contribution < -0.4 is 0 Å². The molecule has 0 amide bonds. The minimum Gasteiger partial charge on any atom is -0.343 e. The van der Waals surface area contributed by atoms with Crippen LogP contribution >= 0.6 is 0 Å². The molecule has 6 nitrogen and oxygen atoms in total. The highest BCUT2D eigenvalue weighted by molar-refractivity contribution is 7.89. The van der Waals surface area contributed by atoms with Crippen molar-refractivity contribution in [3.8, 4) is 11.1 Å². The Hall–Kier alpha value is -2.25. The Kier molecular flexibility index (Phi) is 3.82. The van der Waals surface area contributed by atoms with Gasteiger partial charge < -0.3 is 4.98 Å². The normalized spacial score (nSPS) is 16.5. The molecule has 1 saturated heterocycles. The molecule has 0 atom stereocenters. The zero-order valence-electron chi connectivity index (χ0n) is 13.1. The second-order valence-electron chi connectivity index (χ2n) is 5.99. The quantitative estimate of drug-likeness (QED) is 0.794. The molecule has 2 aromatic heterocycles. The molecule has 0 unspecified atom stereocenters. The average Bonchev–Trinajstić information content (AvgIpc) is 3.10. The van der Waals surface area contributed by atoms with Crippen LogP contribution in [0.4, 0.5) is 0 Å². The summed E-state index contributed by atoms with van der Waals surface area (Å²) in [6, 6.07) is 8.97. The molecule has 4 rings (SSSR count). The molecule has 0 bridgehead atoms. The third-order valence-corrected chi connectivity index (χ3v) is 6.33. The van der Waals surface area contributed by atoms with Crippen LogP contribution in [-0.4, -0.2) is 40.8 Å². The number of rotatable bonds is 3. The fourth-order valence-corrected chi connectivity index (χ4v) is 4.58. The summed E-state index contributed by atoms with van der Waals surface area (Å²) in [6.45, 7) is 1.23. The van der Waals surface area contributed by atoms with E-state index in [1.807, 2.05) is 18.2 Å². The second-order valence-corrected chi connectivity index (χ2v) is 7.92. The lowest BCUT2D eigenvalue weighted by Crippen LogP contribution is -2.35. The van der Waals surface area contributed by atoms with Crippen LogP contribution in [0.5, 0.6) is 0 Å². The van der Waals surface area contributed by atoms with Crippen molar-refractivity contribution in [1.82, 2.24) is 19.3 Å². The maximum Gasteiger partial charge on any atom is 0.243 e. The third-order valence-electron chi connectivity index (χ3n) is 4.41. The molecule has 1 aliphatic rings. The van der Waals surface area contributed by atoms with Gasteiger partial charge in [0.1, 0.15) is 0 Å². The first-order valence-corrected chi connectivity index (χ1v) is 9.48. The van der Waals surface area contributed by atoms with E-state index in [1.54, 1.807) is 29.0 Å². The van der Waals surface area contributed by atoms with E-state index in [2.05, 4.69) is 15.0 Å². The lowest BCUT2D eigenvalue weighted by molar-refractivity contribution is 0.346. The molecule has 1 fully saturated rings. The Morgan fingerprint density at radius 3 is 2.46 bits per heavy atom. The number of nitrogens with zero attached hydrogens (tertiary/aromatic N) is 3. The summed E-state index contributed by atoms with van der Waals surface area (Å²) in [4.78, 5) is 11.8. The van der Waals surface area contributed by atoms with Crippen molar-refractivity contribution < 1.29 is 8.42 Å². The summed E-state index contributed by atoms with van der Waals surface area (Å²) in [6.07, 6.45) is 6.33. The lowest BCUT2D eigenvalue weighted by Gasteiger charge is -2.25. The highest BCUT2D eigenvalue weighted by Crippen LogP contribution is 2.25. The first kappa shape index (κ1) is 15.3. The van der Waals surface area contributed by atoms with Crippen molar-refractivity contribution in [2.75, 3.05) is 13.1 Å². The van der Waals surface area contributed by atoms with Gasteiger partial charge in [0.25, 0.3) is 0 Å². The van der Waals surface area contributed by atoms with E-state index in [9.17, 15) is 8.42 Å². The number of aromatic amines is 1. The summed E-state index contributed by atoms with van der Waals surface area (Å²) < 4.78 is 26.9. The number of benzene rings is 1. The molecular formula is C17H18N4O2S. The van der Waals surface area contributed by atoms with E-state index in [4.69, 9.17) is 0 Å². The largest absolute Gasteiger partial charge is 0.343 e. The number of imidazole rings is 1. The van der Waals surface area contributed by atoms with Crippen LogP contribution in [0.3, 0.4) is 0 Å². The van der Waals surface area contributed by atoms with Gasteiger partial charge in [-0.25, -0.2) is 18.4 Å². The fourth-order valence-electron chi connectivity index (χ4n) is 3.06. The number of pyridine rings is 1. The van der Waals surface area contributed by atoms with Crippen LogP contribution in [0.2, 0.25) is 0 Å². The number of H-pyrrole nitrogens is 1. The molecule has 1 aliphatic heterocycles. The maximum atomic E-state index is 12.7. The van der Waals surface area contributed by atoms with Crippen molar-refractivity contribution in [3.05, 3.63) is 42.9 Å². The van der Waals surface area contributed by atoms with E-state index in [-0.39, 0.29) is 0 Å². The summed E-state index contributed by atoms with van der Waals surface area (Å²) in [5.41, 5.74) is 3.38. The minimum absolute atomic E-state index is 0.351. The van der Waals surface area contributed by atoms with E-state index in [0.717, 1.165) is 35.9 Å². The number of hydrogen-bond acceptors (Lipinski definition) is 4. The topological polar surface area (TPSA) is 79.0 Å². The van der Waals surface area contributed by atoms with Crippen LogP contribution in [0.25, 0.3) is 22.3 Å². The van der Waals surface area contributed by atoms with E-state index >= 15 is 0 Å². The number of fused-ring (bicyclic) bond motifs is 1. The summed E-state index contributed by atoms with van der Waals surface area (Å²) >= 11 is 0. The molecular weight excluding hydrogens is 324 g/mol. The maximum absolute atomic E-state index is 12.7. The standard InChI is InChI=1S/C17H18N4O2S/c22-24(23,21-8-2-1-3-9-21)15-6-4-13(5-7-15)14-10-16-17(18-11-14)20-12-19-16/h4-7,10-12H,1-3,8-9H2,(H,18,19,20). The monoisotopic (exact) mass is 342 g/mol. The molecule has 3 aromatic rings. The van der Waals surface area contributed by atoms with Crippen LogP contribution in [0.15, 0.2) is 47.8 Å². The van der Waals surface area contributed by atoms with Gasteiger partial charge in [0, 0.05) is 24.8 Å². The zero-order valence-corrected chi connectivity index (χ0v) is 14.0. The molecule has 124 valence electrons. The van der Waals surface area contributed by atoms with Crippen molar-refractivity contribution in [2.45, 2.75) is 24.2 Å². The van der Waals surface area contributed by atoms with Crippen LogP contribution in [-0.2, 0) is 10.0 Å². The van der Waals surface area contributed by atoms with E-state index in [0.29, 0.717) is 23.6 Å². The number of piperidine rings is 1. The van der Waals surface area contributed by atoms with Gasteiger partial charge in [0.15, 0.2) is 5.65 Å². The zero-order chi connectivity index (χ0) is 16.6. The minimum atomic E-state index is -3.39. The number of aromatic nitrogens is 3. The number of nitrogens with one attached hydrogen (secondary N) is 1. The molecule has 1 N–H and O–H groups in total. The molecule has 0 radical (unpaired) electrons. The molecule has 3 heterocycles. The van der Waals surface area contributed by atoms with Crippen LogP contribution in [0, 0.1) is 0 Å². The molecule has 0 aliphatic carbocycles. The first-order valence-electron chi connectivity index (χ1n) is 8.04. The van der Waals surface area contributed by atoms with Gasteiger partial charge in [-0.1, -0.05) is 18.6 Å². The van der Waals surface area contributed by atoms with Gasteiger partial charge in [-0.15, -0.1) is 0 Å². The molecule has 0 saturated carbocycles. The molecule has 7 heteroatoms. The van der Waals surface area contributed by atoms with E-state index in [1.165, 1.54) is 0 Å². The SMILES string of the molecule is O=S(=O)(c1ccc(-c2cnc3nc[nH]c3c2)cc1)N1CCCCC1. The third kappa shape index (κ3) is 2.70. The van der Waals surface area contributed by atoms with Gasteiger partial charge in [0.2, 0.25) is 10.0 Å². The Balaban J connectivity index is 1.64. The Morgan fingerprint density at radius 1 is 0.958 bits per heavy atom. The summed E-state index contributed by atoms with van der Waals surface area (Å²) in [5.74, 6) is 0. The average molecular weight is 342 g/mol. The van der Waals surface area contributed by atoms with Gasteiger partial charge >= 0.3 is 0 Å². The second kappa shape index (κ2) is 5.99. The predicted octanol–water partition coefficient (Wildman–Crippen LogP) is 2.80. The van der Waals surface area contributed by atoms with E-state index < -0.39 is 10.0 Å². The highest BCUT2D eigenvalue weighted by atomic mass is 32.2. The van der Waals surface area contributed by atoms with Gasteiger partial charge in [-0.2, -0.15) is 4.31 Å². The van der Waals surface area contributed by atoms with Gasteiger partial charge in [-0.05, 0) is 36.6 Å². The van der Waals surface area contributed by atoms with Crippen molar-refractivity contribution in [1.29, 1.82) is 0 Å². The van der Waals surface area contributed by atoms with Gasteiger partial charge in [-0.3, -0.25) is 0 Å². The molecule has 0 spiro atoms. The summed E-state index contributed by atoms with van der Waals surface area (Å²) in [7, 11) is -3.39. The van der Waals surface area contributed by atoms with Gasteiger partial charge in [0.05, 0.1) is 16.7 Å². The number of sulfonamides is 1. The van der Waals surface area contributed by atoms with Crippen molar-refractivity contribution in [2.24, 2.45) is 0 Å². The first-order chi connectivity index (χ1) is 11.6. The Bertz CT molecular complexity index is 958. The Morgan fingerprint density at radius 2 is 1.71 bits per heavy atom. The summed E-state index contributed by atoms with van der Waals surface area (Å²) in [5, 5.41) is 0. The van der Waals surface area contributed by atoms with Crippen molar-refractivity contribution in [3.63, 3.8) is 0 Å². The number of hydrogen-bond donors (Lipinski definition) is 1. The molecule has 1 aromatic carbocycles.